The quantitative estimate of drug-likeness (QED) is 0.703. The van der Waals surface area contributed by atoms with Crippen LogP contribution in [0.25, 0.3) is 0 Å². The van der Waals surface area contributed by atoms with Gasteiger partial charge in [0.2, 0.25) is 5.91 Å². The lowest BCUT2D eigenvalue weighted by Gasteiger charge is -2.16. The third-order valence-electron chi connectivity index (χ3n) is 2.50. The molecule has 1 heterocycles. The minimum absolute atomic E-state index is 0.126. The van der Waals surface area contributed by atoms with E-state index in [4.69, 9.17) is 9.52 Å². The van der Waals surface area contributed by atoms with E-state index in [9.17, 15) is 14.4 Å². The Hall–Kier alpha value is -2.35. The number of carbonyl (C=O) groups is 3. The van der Waals surface area contributed by atoms with Crippen LogP contribution in [0.15, 0.2) is 22.8 Å². The van der Waals surface area contributed by atoms with Crippen LogP contribution in [0.2, 0.25) is 0 Å². The van der Waals surface area contributed by atoms with Crippen LogP contribution in [-0.2, 0) is 14.3 Å². The smallest absolute Gasteiger partial charge is 0.334 e. The molecule has 0 aliphatic heterocycles. The van der Waals surface area contributed by atoms with Gasteiger partial charge in [0.05, 0.1) is 19.4 Å². The van der Waals surface area contributed by atoms with Crippen molar-refractivity contribution in [2.24, 2.45) is 0 Å². The maximum atomic E-state index is 11.8. The highest BCUT2D eigenvalue weighted by Crippen LogP contribution is 2.03. The van der Waals surface area contributed by atoms with Gasteiger partial charge < -0.3 is 24.5 Å². The molecular weight excluding hydrogens is 268 g/mol. The van der Waals surface area contributed by atoms with Crippen LogP contribution in [0.3, 0.4) is 0 Å². The number of nitrogens with one attached hydrogen (secondary N) is 1. The van der Waals surface area contributed by atoms with E-state index in [2.05, 4.69) is 10.1 Å². The van der Waals surface area contributed by atoms with Gasteiger partial charge in [-0.2, -0.15) is 0 Å². The first-order valence-corrected chi connectivity index (χ1v) is 5.77. The molecule has 0 fully saturated rings. The zero-order valence-corrected chi connectivity index (χ0v) is 11.2. The van der Waals surface area contributed by atoms with E-state index < -0.39 is 23.9 Å². The van der Waals surface area contributed by atoms with Gasteiger partial charge in [0.1, 0.15) is 0 Å². The van der Waals surface area contributed by atoms with Gasteiger partial charge in [-0.1, -0.05) is 0 Å². The van der Waals surface area contributed by atoms with E-state index in [1.54, 1.807) is 6.07 Å². The van der Waals surface area contributed by atoms with E-state index >= 15 is 0 Å². The number of rotatable bonds is 7. The van der Waals surface area contributed by atoms with E-state index in [0.717, 1.165) is 4.90 Å². The first-order chi connectivity index (χ1) is 9.45. The van der Waals surface area contributed by atoms with Gasteiger partial charge in [-0.3, -0.25) is 9.59 Å². The van der Waals surface area contributed by atoms with E-state index in [0.29, 0.717) is 0 Å². The molecule has 1 atom stereocenters. The van der Waals surface area contributed by atoms with Crippen molar-refractivity contribution < 1.29 is 28.6 Å². The predicted octanol–water partition coefficient (Wildman–Crippen LogP) is -0.433. The normalized spacial score (nSPS) is 11.7. The van der Waals surface area contributed by atoms with Gasteiger partial charge in [0.15, 0.2) is 11.9 Å². The van der Waals surface area contributed by atoms with Crippen molar-refractivity contribution in [1.29, 1.82) is 0 Å². The van der Waals surface area contributed by atoms with Crippen LogP contribution in [-0.4, -0.2) is 61.1 Å². The second-order valence-electron chi connectivity index (χ2n) is 4.01. The van der Waals surface area contributed by atoms with Crippen molar-refractivity contribution in [2.75, 3.05) is 27.2 Å². The Kier molecular flexibility index (Phi) is 5.73. The monoisotopic (exact) mass is 284 g/mol. The summed E-state index contributed by atoms with van der Waals surface area (Å²) in [5.41, 5.74) is 0. The number of furan rings is 1. The second kappa shape index (κ2) is 7.29. The van der Waals surface area contributed by atoms with Crippen LogP contribution in [0.1, 0.15) is 10.6 Å². The van der Waals surface area contributed by atoms with Crippen LogP contribution in [0.4, 0.5) is 0 Å². The Balaban J connectivity index is 2.42. The molecule has 0 saturated heterocycles. The number of amides is 2. The summed E-state index contributed by atoms with van der Waals surface area (Å²) in [5, 5.41) is 11.1. The van der Waals surface area contributed by atoms with Crippen molar-refractivity contribution in [3.05, 3.63) is 24.2 Å². The molecule has 1 unspecified atom stereocenters. The molecule has 1 aromatic rings. The summed E-state index contributed by atoms with van der Waals surface area (Å²) in [7, 11) is 2.67. The molecule has 2 amide bonds. The van der Waals surface area contributed by atoms with Gasteiger partial charge in [-0.05, 0) is 12.1 Å². The molecule has 1 rings (SSSR count). The van der Waals surface area contributed by atoms with Crippen molar-refractivity contribution in [1.82, 2.24) is 10.2 Å². The van der Waals surface area contributed by atoms with Gasteiger partial charge in [-0.25, -0.2) is 4.79 Å². The lowest BCUT2D eigenvalue weighted by molar-refractivity contribution is -0.148. The summed E-state index contributed by atoms with van der Waals surface area (Å²) in [6, 6.07) is 3.05. The highest BCUT2D eigenvalue weighted by atomic mass is 16.5. The third kappa shape index (κ3) is 4.39. The number of likely N-dealkylation sites (N-methyl/N-ethyl adjacent to an activating group) is 1. The number of hydrogen-bond donors (Lipinski definition) is 2. The van der Waals surface area contributed by atoms with Crippen LogP contribution in [0, 0.1) is 0 Å². The molecule has 0 bridgehead atoms. The number of carbonyl (C=O) groups excluding carboxylic acids is 2. The molecule has 0 aromatic carbocycles. The van der Waals surface area contributed by atoms with Crippen LogP contribution < -0.4 is 5.32 Å². The number of carboxylic acid groups (broad SMARTS) is 1. The second-order valence-corrected chi connectivity index (χ2v) is 4.01. The summed E-state index contributed by atoms with van der Waals surface area (Å²) in [6.45, 7) is -0.386. The molecule has 8 nitrogen and oxygen atoms in total. The first kappa shape index (κ1) is 15.7. The fourth-order valence-corrected chi connectivity index (χ4v) is 1.41. The molecule has 20 heavy (non-hydrogen) atoms. The summed E-state index contributed by atoms with van der Waals surface area (Å²) in [6.07, 6.45) is 0.238. The molecule has 8 heteroatoms. The van der Waals surface area contributed by atoms with Crippen molar-refractivity contribution in [2.45, 2.75) is 6.10 Å². The molecular formula is C12H16N2O6. The van der Waals surface area contributed by atoms with Gasteiger partial charge in [-0.15, -0.1) is 0 Å². The fourth-order valence-electron chi connectivity index (χ4n) is 1.41. The number of carboxylic acids is 1. The average molecular weight is 284 g/mol. The maximum Gasteiger partial charge on any atom is 0.334 e. The Labute approximate surface area is 115 Å². The number of nitrogens with zero attached hydrogens (tertiary/aromatic N) is 1. The fraction of sp³-hybridized carbons (Fsp3) is 0.417. The maximum absolute atomic E-state index is 11.8. The average Bonchev–Trinajstić information content (AvgIpc) is 2.91. The van der Waals surface area contributed by atoms with E-state index in [1.807, 2.05) is 0 Å². The number of ether oxygens (including phenoxy) is 1. The summed E-state index contributed by atoms with van der Waals surface area (Å²) in [4.78, 5) is 35.2. The predicted molar refractivity (Wildman–Crippen MR) is 67.1 cm³/mol. The van der Waals surface area contributed by atoms with Crippen molar-refractivity contribution in [3.8, 4) is 0 Å². The SMILES string of the molecule is COC(CNC(=O)CN(C)C(=O)c1ccco1)C(=O)O. The van der Waals surface area contributed by atoms with Crippen LogP contribution in [0.5, 0.6) is 0 Å². The van der Waals surface area contributed by atoms with Gasteiger partial charge in [0, 0.05) is 14.2 Å². The molecule has 0 spiro atoms. The minimum atomic E-state index is -1.17. The molecule has 0 aliphatic rings. The minimum Gasteiger partial charge on any atom is -0.479 e. The zero-order valence-electron chi connectivity index (χ0n) is 11.2. The molecule has 0 radical (unpaired) electrons. The Morgan fingerprint density at radius 1 is 1.50 bits per heavy atom. The van der Waals surface area contributed by atoms with Crippen molar-refractivity contribution in [3.63, 3.8) is 0 Å². The zero-order chi connectivity index (χ0) is 15.1. The Bertz CT molecular complexity index is 470. The first-order valence-electron chi connectivity index (χ1n) is 5.77. The topological polar surface area (TPSA) is 109 Å². The third-order valence-corrected chi connectivity index (χ3v) is 2.50. The Morgan fingerprint density at radius 2 is 2.20 bits per heavy atom. The molecule has 2 N–H and O–H groups in total. The van der Waals surface area contributed by atoms with Gasteiger partial charge in [0.25, 0.3) is 5.91 Å². The highest BCUT2D eigenvalue weighted by Gasteiger charge is 2.20. The molecule has 0 saturated carbocycles. The van der Waals surface area contributed by atoms with Gasteiger partial charge >= 0.3 is 5.97 Å². The summed E-state index contributed by atoms with van der Waals surface area (Å²) in [5.74, 6) is -1.98. The summed E-state index contributed by atoms with van der Waals surface area (Å²) >= 11 is 0. The largest absolute Gasteiger partial charge is 0.479 e. The molecule has 0 aliphatic carbocycles. The standard InChI is InChI=1S/C12H16N2O6/c1-14(11(16)8-4-3-5-20-8)7-10(15)13-6-9(19-2)12(17)18/h3-5,9H,6-7H2,1-2H3,(H,13,15)(H,17,18). The van der Waals surface area contributed by atoms with Crippen molar-refractivity contribution >= 4 is 17.8 Å². The number of aliphatic carboxylic acids is 1. The summed E-state index contributed by atoms with van der Waals surface area (Å²) < 4.78 is 9.59. The van der Waals surface area contributed by atoms with E-state index in [1.165, 1.54) is 26.5 Å². The van der Waals surface area contributed by atoms with Crippen LogP contribution >= 0.6 is 0 Å². The van der Waals surface area contributed by atoms with E-state index in [-0.39, 0.29) is 18.8 Å². The molecule has 1 aromatic heterocycles. The Morgan fingerprint density at radius 3 is 2.70 bits per heavy atom. The lowest BCUT2D eigenvalue weighted by atomic mass is 10.3. The molecule has 110 valence electrons. The number of methoxy groups -OCH3 is 1. The number of hydrogen-bond acceptors (Lipinski definition) is 5. The lowest BCUT2D eigenvalue weighted by Crippen LogP contribution is -2.43. The highest BCUT2D eigenvalue weighted by molar-refractivity contribution is 5.94.